The van der Waals surface area contributed by atoms with E-state index < -0.39 is 0 Å². The molecule has 21 heavy (non-hydrogen) atoms. The Kier molecular flexibility index (Phi) is 7.05. The van der Waals surface area contributed by atoms with Gasteiger partial charge in [-0.1, -0.05) is 0 Å². The molecule has 0 spiro atoms. The minimum atomic E-state index is 0.657. The zero-order valence-electron chi connectivity index (χ0n) is 14.0. The van der Waals surface area contributed by atoms with Crippen molar-refractivity contribution in [2.75, 3.05) is 40.3 Å². The first-order valence-electron chi connectivity index (χ1n) is 8.93. The fourth-order valence-corrected chi connectivity index (χ4v) is 5.57. The van der Waals surface area contributed by atoms with Crippen molar-refractivity contribution in [2.45, 2.75) is 67.7 Å². The Morgan fingerprint density at radius 3 is 1.33 bits per heavy atom. The van der Waals surface area contributed by atoms with E-state index >= 15 is 0 Å². The minimum absolute atomic E-state index is 0.657. The molecule has 0 aromatic carbocycles. The molecule has 4 heteroatoms. The van der Waals surface area contributed by atoms with Gasteiger partial charge in [0, 0.05) is 12.8 Å². The van der Waals surface area contributed by atoms with E-state index in [2.05, 4.69) is 46.0 Å². The third-order valence-corrected chi connectivity index (χ3v) is 8.81. The summed E-state index contributed by atoms with van der Waals surface area (Å²) in [4.78, 5) is 1.31. The molecule has 0 amide bonds. The van der Waals surface area contributed by atoms with Crippen molar-refractivity contribution in [3.63, 3.8) is 0 Å². The normalized spacial score (nSPS) is 28.0. The standard InChI is InChI=1S/C17H34Br2N2/c1-20(12-5-3-6-13-20)16(18)10-9-11-17(19)21(2)14-7-4-8-15-21/h16-17H,3-15H2,1-2H3/q+2. The highest BCUT2D eigenvalue weighted by molar-refractivity contribution is 9.09. The summed E-state index contributed by atoms with van der Waals surface area (Å²) in [5.41, 5.74) is 0. The molecule has 2 saturated heterocycles. The molecule has 0 aliphatic carbocycles. The predicted molar refractivity (Wildman–Crippen MR) is 98.8 cm³/mol. The molecule has 2 aliphatic rings. The van der Waals surface area contributed by atoms with E-state index in [1.54, 1.807) is 0 Å². The second-order valence-corrected chi connectivity index (χ2v) is 9.89. The van der Waals surface area contributed by atoms with Gasteiger partial charge in [0.15, 0.2) is 0 Å². The lowest BCUT2D eigenvalue weighted by molar-refractivity contribution is -0.924. The van der Waals surface area contributed by atoms with Crippen LogP contribution in [0.15, 0.2) is 0 Å². The van der Waals surface area contributed by atoms with Crippen LogP contribution in [0.4, 0.5) is 0 Å². The van der Waals surface area contributed by atoms with Crippen LogP contribution < -0.4 is 0 Å². The molecule has 2 rings (SSSR count). The fraction of sp³-hybridized carbons (Fsp3) is 1.00. The van der Waals surface area contributed by atoms with Crippen LogP contribution in [0.25, 0.3) is 0 Å². The quantitative estimate of drug-likeness (QED) is 0.323. The van der Waals surface area contributed by atoms with Crippen molar-refractivity contribution in [2.24, 2.45) is 0 Å². The van der Waals surface area contributed by atoms with Crippen LogP contribution in [0, 0.1) is 0 Å². The molecule has 0 aromatic rings. The summed E-state index contributed by atoms with van der Waals surface area (Å²) in [6, 6.07) is 0. The zero-order valence-corrected chi connectivity index (χ0v) is 17.2. The minimum Gasteiger partial charge on any atom is -0.315 e. The first kappa shape index (κ1) is 18.2. The lowest BCUT2D eigenvalue weighted by Crippen LogP contribution is -2.53. The number of hydrogen-bond donors (Lipinski definition) is 0. The maximum absolute atomic E-state index is 4.01. The molecule has 2 nitrogen and oxygen atoms in total. The van der Waals surface area contributed by atoms with E-state index in [1.807, 2.05) is 0 Å². The third-order valence-electron chi connectivity index (χ3n) is 5.91. The van der Waals surface area contributed by atoms with Gasteiger partial charge in [0.1, 0.15) is 9.90 Å². The van der Waals surface area contributed by atoms with Gasteiger partial charge < -0.3 is 8.97 Å². The first-order valence-corrected chi connectivity index (χ1v) is 10.8. The Balaban J connectivity index is 1.72. The Morgan fingerprint density at radius 2 is 1.00 bits per heavy atom. The molecular weight excluding hydrogens is 392 g/mol. The Bertz CT molecular complexity index is 280. The van der Waals surface area contributed by atoms with Crippen LogP contribution in [0.2, 0.25) is 0 Å². The number of likely N-dealkylation sites (tertiary alicyclic amines) is 2. The van der Waals surface area contributed by atoms with E-state index in [9.17, 15) is 0 Å². The molecule has 0 radical (unpaired) electrons. The molecule has 2 fully saturated rings. The summed E-state index contributed by atoms with van der Waals surface area (Å²) >= 11 is 8.01. The molecule has 124 valence electrons. The van der Waals surface area contributed by atoms with Gasteiger partial charge in [-0.2, -0.15) is 0 Å². The van der Waals surface area contributed by atoms with Crippen LogP contribution in [-0.4, -0.2) is 59.1 Å². The van der Waals surface area contributed by atoms with E-state index in [0.29, 0.717) is 9.90 Å². The van der Waals surface area contributed by atoms with E-state index in [-0.39, 0.29) is 0 Å². The Hall–Kier alpha value is 0.880. The fourth-order valence-electron chi connectivity index (χ4n) is 4.11. The summed E-state index contributed by atoms with van der Waals surface area (Å²) in [5.74, 6) is 0. The number of rotatable bonds is 6. The number of hydrogen-bond acceptors (Lipinski definition) is 0. The molecule has 0 saturated carbocycles. The lowest BCUT2D eigenvalue weighted by atomic mass is 10.1. The SMILES string of the molecule is C[N+]1(C(Br)CCCC(Br)[N+]2(C)CCCCC2)CCCCC1. The van der Waals surface area contributed by atoms with E-state index in [4.69, 9.17) is 0 Å². The van der Waals surface area contributed by atoms with E-state index in [1.165, 1.54) is 92.9 Å². The summed E-state index contributed by atoms with van der Waals surface area (Å²) in [7, 11) is 4.89. The van der Waals surface area contributed by atoms with E-state index in [0.717, 1.165) is 0 Å². The zero-order chi connectivity index (χ0) is 15.3. The van der Waals surface area contributed by atoms with Gasteiger partial charge in [-0.3, -0.25) is 0 Å². The summed E-state index contributed by atoms with van der Waals surface area (Å²) < 4.78 is 2.50. The van der Waals surface area contributed by atoms with Gasteiger partial charge >= 0.3 is 0 Å². The molecule has 2 heterocycles. The second-order valence-electron chi connectivity index (χ2n) is 7.77. The second kappa shape index (κ2) is 8.12. The molecule has 0 N–H and O–H groups in total. The van der Waals surface area contributed by atoms with Gasteiger partial charge in [-0.15, -0.1) is 0 Å². The van der Waals surface area contributed by atoms with Crippen molar-refractivity contribution in [1.29, 1.82) is 0 Å². The lowest BCUT2D eigenvalue weighted by Gasteiger charge is -2.43. The number of halogens is 2. The van der Waals surface area contributed by atoms with Crippen molar-refractivity contribution < 1.29 is 8.97 Å². The predicted octanol–water partition coefficient (Wildman–Crippen LogP) is 4.86. The molecule has 2 aliphatic heterocycles. The molecular formula is C17H34Br2N2+2. The number of nitrogens with zero attached hydrogens (tertiary/aromatic N) is 2. The van der Waals surface area contributed by atoms with Crippen molar-refractivity contribution in [3.05, 3.63) is 0 Å². The summed E-state index contributed by atoms with van der Waals surface area (Å²) in [6.45, 7) is 5.45. The van der Waals surface area contributed by atoms with Crippen LogP contribution in [0.3, 0.4) is 0 Å². The molecule has 0 aromatic heterocycles. The summed E-state index contributed by atoms with van der Waals surface area (Å²) in [5, 5.41) is 0. The van der Waals surface area contributed by atoms with Gasteiger partial charge in [-0.25, -0.2) is 0 Å². The Labute approximate surface area is 148 Å². The van der Waals surface area contributed by atoms with Crippen molar-refractivity contribution in [1.82, 2.24) is 0 Å². The van der Waals surface area contributed by atoms with Gasteiger partial charge in [0.2, 0.25) is 0 Å². The maximum Gasteiger partial charge on any atom is 0.144 e. The van der Waals surface area contributed by atoms with Crippen LogP contribution >= 0.6 is 31.9 Å². The first-order chi connectivity index (χ1) is 9.96. The van der Waals surface area contributed by atoms with Gasteiger partial charge in [0.25, 0.3) is 0 Å². The average molecular weight is 426 g/mol. The van der Waals surface area contributed by atoms with Gasteiger partial charge in [-0.05, 0) is 76.8 Å². The molecule has 2 atom stereocenters. The topological polar surface area (TPSA) is 0 Å². The largest absolute Gasteiger partial charge is 0.315 e. The molecule has 2 unspecified atom stereocenters. The van der Waals surface area contributed by atoms with Gasteiger partial charge in [0.05, 0.1) is 40.3 Å². The highest BCUT2D eigenvalue weighted by atomic mass is 79.9. The van der Waals surface area contributed by atoms with Crippen LogP contribution in [0.1, 0.15) is 57.8 Å². The smallest absolute Gasteiger partial charge is 0.144 e. The molecule has 0 bridgehead atoms. The highest BCUT2D eigenvalue weighted by Gasteiger charge is 2.34. The number of piperidine rings is 2. The Morgan fingerprint density at radius 1 is 0.667 bits per heavy atom. The number of alkyl halides is 2. The highest BCUT2D eigenvalue weighted by Crippen LogP contribution is 2.30. The number of quaternary nitrogens is 2. The van der Waals surface area contributed by atoms with Crippen molar-refractivity contribution in [3.8, 4) is 0 Å². The van der Waals surface area contributed by atoms with Crippen LogP contribution in [-0.2, 0) is 0 Å². The third kappa shape index (κ3) is 4.92. The average Bonchev–Trinajstić information content (AvgIpc) is 2.48. The monoisotopic (exact) mass is 424 g/mol. The summed E-state index contributed by atoms with van der Waals surface area (Å²) in [6.07, 6.45) is 12.5. The van der Waals surface area contributed by atoms with Crippen molar-refractivity contribution >= 4 is 31.9 Å². The van der Waals surface area contributed by atoms with Crippen LogP contribution in [0.5, 0.6) is 0 Å². The maximum atomic E-state index is 4.01.